The third kappa shape index (κ3) is 3.79. The number of ether oxygens (including phenoxy) is 1. The summed E-state index contributed by atoms with van der Waals surface area (Å²) in [6, 6.07) is 2.64. The molecule has 0 radical (unpaired) electrons. The highest BCUT2D eigenvalue weighted by Crippen LogP contribution is 2.24. The van der Waals surface area contributed by atoms with E-state index in [0.717, 1.165) is 26.0 Å². The molecule has 2 heterocycles. The number of aromatic nitrogens is 1. The van der Waals surface area contributed by atoms with Crippen LogP contribution in [-0.2, 0) is 4.74 Å². The molecule has 1 aliphatic heterocycles. The van der Waals surface area contributed by atoms with Gasteiger partial charge in [0.05, 0.1) is 6.10 Å². The van der Waals surface area contributed by atoms with Crippen LogP contribution in [0.2, 0.25) is 0 Å². The van der Waals surface area contributed by atoms with Gasteiger partial charge >= 0.3 is 0 Å². The number of rotatable bonds is 6. The molecule has 18 heavy (non-hydrogen) atoms. The number of pyridine rings is 1. The highest BCUT2D eigenvalue weighted by molar-refractivity contribution is 5.20. The van der Waals surface area contributed by atoms with E-state index in [4.69, 9.17) is 4.74 Å². The van der Waals surface area contributed by atoms with Gasteiger partial charge in [0, 0.05) is 25.0 Å². The summed E-state index contributed by atoms with van der Waals surface area (Å²) in [6.45, 7) is 6.19. The lowest BCUT2D eigenvalue weighted by molar-refractivity contribution is 0.0996. The van der Waals surface area contributed by atoms with Gasteiger partial charge in [-0.1, -0.05) is 13.0 Å². The van der Waals surface area contributed by atoms with Crippen molar-refractivity contribution in [3.05, 3.63) is 29.6 Å². The van der Waals surface area contributed by atoms with Crippen LogP contribution in [0.4, 0.5) is 0 Å². The molecular formula is C15H24N2O. The van der Waals surface area contributed by atoms with Crippen molar-refractivity contribution < 1.29 is 4.74 Å². The fourth-order valence-corrected chi connectivity index (χ4v) is 2.63. The van der Waals surface area contributed by atoms with Gasteiger partial charge in [-0.3, -0.25) is 4.98 Å². The number of hydrogen-bond acceptors (Lipinski definition) is 3. The van der Waals surface area contributed by atoms with Crippen molar-refractivity contribution in [2.75, 3.05) is 13.2 Å². The van der Waals surface area contributed by atoms with Crippen LogP contribution in [0.5, 0.6) is 0 Å². The summed E-state index contributed by atoms with van der Waals surface area (Å²) in [6.07, 6.45) is 9.09. The minimum atomic E-state index is 0.409. The standard InChI is InChI=1S/C15H24N2O/c1-3-17-15(7-6-14-5-4-8-18-14)13-9-12(2)10-16-11-13/h9-11,14-15,17H,3-8H2,1-2H3. The lowest BCUT2D eigenvalue weighted by Gasteiger charge is -2.20. The summed E-state index contributed by atoms with van der Waals surface area (Å²) < 4.78 is 5.70. The van der Waals surface area contributed by atoms with Gasteiger partial charge in [-0.15, -0.1) is 0 Å². The molecule has 100 valence electrons. The van der Waals surface area contributed by atoms with Crippen molar-refractivity contribution in [1.82, 2.24) is 10.3 Å². The fraction of sp³-hybridized carbons (Fsp3) is 0.667. The molecule has 2 unspecified atom stereocenters. The maximum absolute atomic E-state index is 5.70. The van der Waals surface area contributed by atoms with Crippen molar-refractivity contribution >= 4 is 0 Å². The lowest BCUT2D eigenvalue weighted by Crippen LogP contribution is -2.22. The van der Waals surface area contributed by atoms with Crippen LogP contribution in [-0.4, -0.2) is 24.2 Å². The molecule has 1 fully saturated rings. The lowest BCUT2D eigenvalue weighted by atomic mass is 9.99. The summed E-state index contributed by atoms with van der Waals surface area (Å²) in [5.74, 6) is 0. The second-order valence-electron chi connectivity index (χ2n) is 5.12. The Bertz CT molecular complexity index is 361. The molecule has 1 aliphatic rings. The van der Waals surface area contributed by atoms with Crippen LogP contribution >= 0.6 is 0 Å². The third-order valence-corrected chi connectivity index (χ3v) is 3.55. The maximum Gasteiger partial charge on any atom is 0.0576 e. The van der Waals surface area contributed by atoms with E-state index in [2.05, 4.69) is 30.2 Å². The summed E-state index contributed by atoms with van der Waals surface area (Å²) in [5.41, 5.74) is 2.53. The van der Waals surface area contributed by atoms with E-state index in [-0.39, 0.29) is 0 Å². The van der Waals surface area contributed by atoms with E-state index in [1.165, 1.54) is 24.0 Å². The Hall–Kier alpha value is -0.930. The number of aryl methyl sites for hydroxylation is 1. The van der Waals surface area contributed by atoms with Crippen LogP contribution in [0.25, 0.3) is 0 Å². The first kappa shape index (κ1) is 13.5. The average molecular weight is 248 g/mol. The molecular weight excluding hydrogens is 224 g/mol. The van der Waals surface area contributed by atoms with E-state index < -0.39 is 0 Å². The highest BCUT2D eigenvalue weighted by Gasteiger charge is 2.18. The number of nitrogens with one attached hydrogen (secondary N) is 1. The van der Waals surface area contributed by atoms with Crippen molar-refractivity contribution in [2.45, 2.75) is 51.7 Å². The van der Waals surface area contributed by atoms with E-state index in [1.54, 1.807) is 0 Å². The van der Waals surface area contributed by atoms with Gasteiger partial charge in [-0.25, -0.2) is 0 Å². The molecule has 3 nitrogen and oxygen atoms in total. The molecule has 1 N–H and O–H groups in total. The van der Waals surface area contributed by atoms with Crippen LogP contribution in [0.15, 0.2) is 18.5 Å². The highest BCUT2D eigenvalue weighted by atomic mass is 16.5. The maximum atomic E-state index is 5.70. The Balaban J connectivity index is 1.94. The van der Waals surface area contributed by atoms with Gasteiger partial charge in [0.1, 0.15) is 0 Å². The smallest absolute Gasteiger partial charge is 0.0576 e. The molecule has 3 heteroatoms. The molecule has 0 saturated carbocycles. The van der Waals surface area contributed by atoms with Gasteiger partial charge in [-0.2, -0.15) is 0 Å². The van der Waals surface area contributed by atoms with Crippen LogP contribution in [0.1, 0.15) is 49.8 Å². The van der Waals surface area contributed by atoms with Gasteiger partial charge in [0.15, 0.2) is 0 Å². The Morgan fingerprint density at radius 2 is 2.39 bits per heavy atom. The van der Waals surface area contributed by atoms with E-state index in [0.29, 0.717) is 12.1 Å². The largest absolute Gasteiger partial charge is 0.378 e. The van der Waals surface area contributed by atoms with E-state index in [9.17, 15) is 0 Å². The van der Waals surface area contributed by atoms with Gasteiger partial charge in [-0.05, 0) is 50.3 Å². The minimum absolute atomic E-state index is 0.409. The zero-order chi connectivity index (χ0) is 12.8. The Kier molecular flexibility index (Phi) is 5.14. The average Bonchev–Trinajstić information content (AvgIpc) is 2.87. The predicted molar refractivity (Wildman–Crippen MR) is 73.6 cm³/mol. The van der Waals surface area contributed by atoms with Gasteiger partial charge in [0.25, 0.3) is 0 Å². The summed E-state index contributed by atoms with van der Waals surface area (Å²) >= 11 is 0. The van der Waals surface area contributed by atoms with Crippen LogP contribution in [0.3, 0.4) is 0 Å². The molecule has 1 aromatic heterocycles. The molecule has 2 rings (SSSR count). The minimum Gasteiger partial charge on any atom is -0.378 e. The first-order valence-electron chi connectivity index (χ1n) is 7.06. The summed E-state index contributed by atoms with van der Waals surface area (Å²) in [7, 11) is 0. The third-order valence-electron chi connectivity index (χ3n) is 3.55. The van der Waals surface area contributed by atoms with Gasteiger partial charge < -0.3 is 10.1 Å². The van der Waals surface area contributed by atoms with Crippen molar-refractivity contribution in [1.29, 1.82) is 0 Å². The van der Waals surface area contributed by atoms with E-state index in [1.807, 2.05) is 12.4 Å². The zero-order valence-corrected chi connectivity index (χ0v) is 11.5. The van der Waals surface area contributed by atoms with Crippen molar-refractivity contribution in [2.24, 2.45) is 0 Å². The quantitative estimate of drug-likeness (QED) is 0.840. The van der Waals surface area contributed by atoms with Crippen molar-refractivity contribution in [3.63, 3.8) is 0 Å². The van der Waals surface area contributed by atoms with Crippen molar-refractivity contribution in [3.8, 4) is 0 Å². The zero-order valence-electron chi connectivity index (χ0n) is 11.5. The molecule has 2 atom stereocenters. The molecule has 0 spiro atoms. The number of nitrogens with zero attached hydrogens (tertiary/aromatic N) is 1. The van der Waals surface area contributed by atoms with Crippen LogP contribution < -0.4 is 5.32 Å². The second kappa shape index (κ2) is 6.86. The Morgan fingerprint density at radius 1 is 1.50 bits per heavy atom. The predicted octanol–water partition coefficient (Wildman–Crippen LogP) is 3.00. The summed E-state index contributed by atoms with van der Waals surface area (Å²) in [4.78, 5) is 4.30. The van der Waals surface area contributed by atoms with Gasteiger partial charge in [0.2, 0.25) is 0 Å². The SMILES string of the molecule is CCNC(CCC1CCCO1)c1cncc(C)c1. The molecule has 0 aromatic carbocycles. The molecule has 1 aromatic rings. The molecule has 0 aliphatic carbocycles. The second-order valence-corrected chi connectivity index (χ2v) is 5.12. The Morgan fingerprint density at radius 3 is 3.06 bits per heavy atom. The normalized spacial score (nSPS) is 21.1. The summed E-state index contributed by atoms with van der Waals surface area (Å²) in [5, 5.41) is 3.55. The fourth-order valence-electron chi connectivity index (χ4n) is 2.63. The monoisotopic (exact) mass is 248 g/mol. The topological polar surface area (TPSA) is 34.1 Å². The number of hydrogen-bond donors (Lipinski definition) is 1. The molecule has 1 saturated heterocycles. The first-order chi connectivity index (χ1) is 8.79. The Labute approximate surface area is 110 Å². The van der Waals surface area contributed by atoms with Crippen LogP contribution in [0, 0.1) is 6.92 Å². The van der Waals surface area contributed by atoms with E-state index >= 15 is 0 Å². The molecule has 0 amide bonds. The molecule has 0 bridgehead atoms. The first-order valence-corrected chi connectivity index (χ1v) is 7.06.